The molecule has 16 heavy (non-hydrogen) atoms. The highest BCUT2D eigenvalue weighted by molar-refractivity contribution is 6.05. The summed E-state index contributed by atoms with van der Waals surface area (Å²) in [4.78, 5) is 11.8. The molecule has 0 aromatic carbocycles. The van der Waals surface area contributed by atoms with Crippen molar-refractivity contribution in [1.82, 2.24) is 5.32 Å². The van der Waals surface area contributed by atoms with Crippen molar-refractivity contribution in [2.45, 2.75) is 40.5 Å². The van der Waals surface area contributed by atoms with Gasteiger partial charge in [-0.3, -0.25) is 4.79 Å². The minimum atomic E-state index is -0.971. The minimum Gasteiger partial charge on any atom is -0.409 e. The maximum Gasteiger partial charge on any atom is 0.233 e. The summed E-state index contributed by atoms with van der Waals surface area (Å²) in [5.74, 6) is 0.191. The first-order valence-corrected chi connectivity index (χ1v) is 5.66. The van der Waals surface area contributed by atoms with Crippen LogP contribution in [-0.2, 0) is 4.79 Å². The maximum atomic E-state index is 11.8. The van der Waals surface area contributed by atoms with Gasteiger partial charge in [-0.05, 0) is 19.8 Å². The second kappa shape index (κ2) is 6.35. The predicted molar refractivity (Wildman–Crippen MR) is 64.3 cm³/mol. The zero-order valence-electron chi connectivity index (χ0n) is 10.6. The second-order valence-corrected chi connectivity index (χ2v) is 4.50. The number of hydrogen-bond acceptors (Lipinski definition) is 3. The van der Waals surface area contributed by atoms with Crippen LogP contribution in [0.3, 0.4) is 0 Å². The van der Waals surface area contributed by atoms with Gasteiger partial charge < -0.3 is 16.3 Å². The molecule has 0 rings (SSSR count). The Kier molecular flexibility index (Phi) is 5.85. The van der Waals surface area contributed by atoms with Gasteiger partial charge in [-0.1, -0.05) is 31.8 Å². The Labute approximate surface area is 97.1 Å². The molecule has 5 nitrogen and oxygen atoms in total. The van der Waals surface area contributed by atoms with Crippen LogP contribution in [0.15, 0.2) is 5.16 Å². The third-order valence-corrected chi connectivity index (χ3v) is 3.02. The van der Waals surface area contributed by atoms with Crippen molar-refractivity contribution in [3.05, 3.63) is 0 Å². The Bertz CT molecular complexity index is 258. The molecule has 4 N–H and O–H groups in total. The molecule has 0 atom stereocenters. The normalized spacial score (nSPS) is 12.9. The zero-order chi connectivity index (χ0) is 12.8. The Morgan fingerprint density at radius 1 is 1.44 bits per heavy atom. The van der Waals surface area contributed by atoms with Gasteiger partial charge in [0, 0.05) is 6.54 Å². The molecule has 0 aliphatic carbocycles. The molecule has 0 aromatic rings. The Hall–Kier alpha value is -1.26. The summed E-state index contributed by atoms with van der Waals surface area (Å²) in [7, 11) is 0. The van der Waals surface area contributed by atoms with Gasteiger partial charge in [0.2, 0.25) is 5.91 Å². The first-order chi connectivity index (χ1) is 7.39. The largest absolute Gasteiger partial charge is 0.409 e. The van der Waals surface area contributed by atoms with Crippen LogP contribution in [0.5, 0.6) is 0 Å². The number of amides is 1. The molecule has 0 saturated heterocycles. The Morgan fingerprint density at radius 2 is 1.94 bits per heavy atom. The first-order valence-electron chi connectivity index (χ1n) is 5.66. The Morgan fingerprint density at radius 3 is 2.31 bits per heavy atom. The third kappa shape index (κ3) is 3.72. The lowest BCUT2D eigenvalue weighted by molar-refractivity contribution is -0.126. The van der Waals surface area contributed by atoms with Crippen molar-refractivity contribution in [2.24, 2.45) is 22.2 Å². The summed E-state index contributed by atoms with van der Waals surface area (Å²) in [6.07, 6.45) is 2.06. The van der Waals surface area contributed by atoms with Crippen molar-refractivity contribution in [1.29, 1.82) is 0 Å². The smallest absolute Gasteiger partial charge is 0.233 e. The fraction of sp³-hybridized carbons (Fsp3) is 0.818. The molecule has 0 bridgehead atoms. The monoisotopic (exact) mass is 229 g/mol. The van der Waals surface area contributed by atoms with E-state index >= 15 is 0 Å². The van der Waals surface area contributed by atoms with Gasteiger partial charge in [-0.25, -0.2) is 0 Å². The van der Waals surface area contributed by atoms with Gasteiger partial charge in [0.1, 0.15) is 5.41 Å². The fourth-order valence-electron chi connectivity index (χ4n) is 1.28. The molecule has 0 aromatic heterocycles. The number of hydrogen-bond donors (Lipinski definition) is 3. The second-order valence-electron chi connectivity index (χ2n) is 4.50. The number of carbonyl (C=O) groups excluding carboxylic acids is 1. The van der Waals surface area contributed by atoms with E-state index in [2.05, 4.69) is 24.3 Å². The topological polar surface area (TPSA) is 87.7 Å². The molecule has 1 amide bonds. The third-order valence-electron chi connectivity index (χ3n) is 3.02. The van der Waals surface area contributed by atoms with Crippen LogP contribution in [0.4, 0.5) is 0 Å². The van der Waals surface area contributed by atoms with Crippen LogP contribution >= 0.6 is 0 Å². The number of rotatable bonds is 6. The molecule has 94 valence electrons. The summed E-state index contributed by atoms with van der Waals surface area (Å²) in [5.41, 5.74) is 4.49. The van der Waals surface area contributed by atoms with Crippen molar-refractivity contribution < 1.29 is 10.0 Å². The molecule has 0 spiro atoms. The van der Waals surface area contributed by atoms with Crippen molar-refractivity contribution in [3.8, 4) is 0 Å². The summed E-state index contributed by atoms with van der Waals surface area (Å²) in [6, 6.07) is 0. The molecule has 0 saturated carbocycles. The van der Waals surface area contributed by atoms with E-state index < -0.39 is 5.41 Å². The van der Waals surface area contributed by atoms with Crippen molar-refractivity contribution in [3.63, 3.8) is 0 Å². The van der Waals surface area contributed by atoms with E-state index in [1.807, 2.05) is 0 Å². The minimum absolute atomic E-state index is 0.0745. The summed E-state index contributed by atoms with van der Waals surface area (Å²) in [5, 5.41) is 14.3. The first kappa shape index (κ1) is 14.7. The molecule has 0 heterocycles. The quantitative estimate of drug-likeness (QED) is 0.278. The molecular weight excluding hydrogens is 206 g/mol. The van der Waals surface area contributed by atoms with Crippen LogP contribution in [0.25, 0.3) is 0 Å². The highest BCUT2D eigenvalue weighted by atomic mass is 16.4. The van der Waals surface area contributed by atoms with E-state index in [0.717, 1.165) is 12.8 Å². The lowest BCUT2D eigenvalue weighted by Gasteiger charge is -2.23. The number of nitrogens with zero attached hydrogens (tertiary/aromatic N) is 1. The van der Waals surface area contributed by atoms with E-state index in [9.17, 15) is 4.79 Å². The molecule has 0 aliphatic heterocycles. The molecule has 5 heteroatoms. The fourth-order valence-corrected chi connectivity index (χ4v) is 1.28. The van der Waals surface area contributed by atoms with Gasteiger partial charge >= 0.3 is 0 Å². The van der Waals surface area contributed by atoms with Gasteiger partial charge in [0.05, 0.1) is 0 Å². The van der Waals surface area contributed by atoms with E-state index in [1.165, 1.54) is 0 Å². The summed E-state index contributed by atoms with van der Waals surface area (Å²) in [6.45, 7) is 8.08. The van der Waals surface area contributed by atoms with E-state index in [4.69, 9.17) is 10.9 Å². The van der Waals surface area contributed by atoms with E-state index in [1.54, 1.807) is 13.8 Å². The number of carbonyl (C=O) groups is 1. The van der Waals surface area contributed by atoms with Crippen LogP contribution in [0.1, 0.15) is 40.5 Å². The van der Waals surface area contributed by atoms with Gasteiger partial charge in [0.25, 0.3) is 0 Å². The number of nitrogens with two attached hydrogens (primary N) is 1. The van der Waals surface area contributed by atoms with E-state index in [0.29, 0.717) is 12.5 Å². The van der Waals surface area contributed by atoms with Gasteiger partial charge in [-0.15, -0.1) is 0 Å². The van der Waals surface area contributed by atoms with Crippen LogP contribution < -0.4 is 11.1 Å². The maximum absolute atomic E-state index is 11.8. The zero-order valence-corrected chi connectivity index (χ0v) is 10.6. The van der Waals surface area contributed by atoms with Gasteiger partial charge in [0.15, 0.2) is 5.84 Å². The number of amidine groups is 1. The average molecular weight is 229 g/mol. The molecule has 0 fully saturated rings. The average Bonchev–Trinajstić information content (AvgIpc) is 2.28. The summed E-state index contributed by atoms with van der Waals surface area (Å²) >= 11 is 0. The van der Waals surface area contributed by atoms with Crippen LogP contribution in [-0.4, -0.2) is 23.5 Å². The van der Waals surface area contributed by atoms with Crippen LogP contribution in [0, 0.1) is 11.3 Å². The number of oxime groups is 1. The highest BCUT2D eigenvalue weighted by Gasteiger charge is 2.32. The number of nitrogens with one attached hydrogen (secondary N) is 1. The van der Waals surface area contributed by atoms with Crippen LogP contribution in [0.2, 0.25) is 0 Å². The predicted octanol–water partition coefficient (Wildman–Crippen LogP) is 1.31. The van der Waals surface area contributed by atoms with Crippen molar-refractivity contribution in [2.75, 3.05) is 6.54 Å². The SMILES string of the molecule is CCC(CC)CNC(=O)C(C)(C)C(N)=NO. The van der Waals surface area contributed by atoms with Gasteiger partial charge in [-0.2, -0.15) is 0 Å². The Balaban J connectivity index is 4.36. The lowest BCUT2D eigenvalue weighted by atomic mass is 9.90. The lowest BCUT2D eigenvalue weighted by Crippen LogP contribution is -2.47. The summed E-state index contributed by atoms with van der Waals surface area (Å²) < 4.78 is 0. The van der Waals surface area contributed by atoms with E-state index in [-0.39, 0.29) is 11.7 Å². The molecule has 0 radical (unpaired) electrons. The molecule has 0 unspecified atom stereocenters. The molecular formula is C11H23N3O2. The highest BCUT2D eigenvalue weighted by Crippen LogP contribution is 2.15. The molecule has 0 aliphatic rings. The van der Waals surface area contributed by atoms with Crippen molar-refractivity contribution >= 4 is 11.7 Å². The standard InChI is InChI=1S/C11H23N3O2/c1-5-8(6-2)7-13-10(15)11(3,4)9(12)14-16/h8,16H,5-7H2,1-4H3,(H2,12,14)(H,13,15).